The number of benzene rings is 1. The highest BCUT2D eigenvalue weighted by Crippen LogP contribution is 2.16. The summed E-state index contributed by atoms with van der Waals surface area (Å²) < 4.78 is 5.70. The van der Waals surface area contributed by atoms with Gasteiger partial charge in [-0.15, -0.1) is 0 Å². The molecular weight excluding hydrogens is 250 g/mol. The van der Waals surface area contributed by atoms with E-state index in [2.05, 4.69) is 30.9 Å². The van der Waals surface area contributed by atoms with E-state index in [4.69, 9.17) is 4.74 Å². The number of hydrogen-bond acceptors (Lipinski definition) is 3. The largest absolute Gasteiger partial charge is 0.491 e. The lowest BCUT2D eigenvalue weighted by Gasteiger charge is -2.32. The van der Waals surface area contributed by atoms with Crippen molar-refractivity contribution < 1.29 is 9.84 Å². The molecule has 0 amide bonds. The second-order valence-corrected chi connectivity index (χ2v) is 5.97. The molecule has 2 atom stereocenters. The molecule has 1 aromatic carbocycles. The van der Waals surface area contributed by atoms with Crippen molar-refractivity contribution in [3.05, 3.63) is 29.8 Å². The van der Waals surface area contributed by atoms with Crippen molar-refractivity contribution in [1.29, 1.82) is 0 Å². The summed E-state index contributed by atoms with van der Waals surface area (Å²) in [6.45, 7) is 7.71. The van der Waals surface area contributed by atoms with Gasteiger partial charge in [-0.3, -0.25) is 0 Å². The third kappa shape index (κ3) is 4.80. The molecule has 1 fully saturated rings. The molecule has 2 rings (SSSR count). The Labute approximate surface area is 122 Å². The van der Waals surface area contributed by atoms with E-state index in [1.165, 1.54) is 18.4 Å². The summed E-state index contributed by atoms with van der Waals surface area (Å²) in [6, 6.07) is 8.11. The minimum absolute atomic E-state index is 0.373. The lowest BCUT2D eigenvalue weighted by atomic mass is 10.0. The van der Waals surface area contributed by atoms with Crippen molar-refractivity contribution in [3.63, 3.8) is 0 Å². The molecule has 0 radical (unpaired) electrons. The molecule has 1 saturated heterocycles. The normalized spacial score (nSPS) is 21.6. The lowest BCUT2D eigenvalue weighted by Crippen LogP contribution is -2.41. The second kappa shape index (κ2) is 7.65. The van der Waals surface area contributed by atoms with E-state index < -0.39 is 6.10 Å². The summed E-state index contributed by atoms with van der Waals surface area (Å²) >= 11 is 0. The highest BCUT2D eigenvalue weighted by atomic mass is 16.5. The Morgan fingerprint density at radius 3 is 3.05 bits per heavy atom. The Morgan fingerprint density at radius 2 is 2.30 bits per heavy atom. The predicted molar refractivity (Wildman–Crippen MR) is 82.2 cm³/mol. The van der Waals surface area contributed by atoms with Crippen molar-refractivity contribution >= 4 is 0 Å². The number of β-amino-alcohol motifs (C(OH)–C–C–N with tert-alkyl or cyclic N) is 1. The zero-order chi connectivity index (χ0) is 14.4. The quantitative estimate of drug-likeness (QED) is 0.868. The van der Waals surface area contributed by atoms with Crippen LogP contribution in [0.4, 0.5) is 0 Å². The van der Waals surface area contributed by atoms with Gasteiger partial charge in [-0.1, -0.05) is 26.0 Å². The van der Waals surface area contributed by atoms with Gasteiger partial charge in [-0.05, 0) is 49.4 Å². The Morgan fingerprint density at radius 1 is 1.45 bits per heavy atom. The van der Waals surface area contributed by atoms with Crippen LogP contribution in [0.1, 0.15) is 32.3 Å². The van der Waals surface area contributed by atoms with E-state index in [0.717, 1.165) is 37.7 Å². The molecule has 3 heteroatoms. The first-order chi connectivity index (χ1) is 9.67. The second-order valence-electron chi connectivity index (χ2n) is 5.97. The zero-order valence-corrected chi connectivity index (χ0v) is 12.7. The number of likely N-dealkylation sites (tertiary alicyclic amines) is 1. The SMILES string of the molecule is CCc1cccc(OC[C@H](O)CN2CCC[C@@H](C)C2)c1. The van der Waals surface area contributed by atoms with Crippen molar-refractivity contribution in [2.45, 2.75) is 39.2 Å². The lowest BCUT2D eigenvalue weighted by molar-refractivity contribution is 0.0537. The molecular formula is C17H27NO2. The standard InChI is InChI=1S/C17H27NO2/c1-3-15-7-4-8-17(10-15)20-13-16(19)12-18-9-5-6-14(2)11-18/h4,7-8,10,14,16,19H,3,5-6,9,11-13H2,1-2H3/t14-,16-/m1/s1. The topological polar surface area (TPSA) is 32.7 Å². The molecule has 1 heterocycles. The summed E-state index contributed by atoms with van der Waals surface area (Å²) in [6.07, 6.45) is 3.15. The molecule has 0 bridgehead atoms. The van der Waals surface area contributed by atoms with E-state index in [1.807, 2.05) is 12.1 Å². The minimum atomic E-state index is -0.411. The predicted octanol–water partition coefficient (Wildman–Crippen LogP) is 2.72. The third-order valence-electron chi connectivity index (χ3n) is 3.96. The van der Waals surface area contributed by atoms with Crippen LogP contribution in [0.15, 0.2) is 24.3 Å². The summed E-state index contributed by atoms with van der Waals surface area (Å²) in [5, 5.41) is 10.1. The fraction of sp³-hybridized carbons (Fsp3) is 0.647. The molecule has 1 aromatic rings. The van der Waals surface area contributed by atoms with E-state index in [1.54, 1.807) is 0 Å². The van der Waals surface area contributed by atoms with Gasteiger partial charge in [-0.25, -0.2) is 0 Å². The van der Waals surface area contributed by atoms with Crippen LogP contribution in [0, 0.1) is 5.92 Å². The summed E-state index contributed by atoms with van der Waals surface area (Å²) in [5.41, 5.74) is 1.27. The molecule has 0 saturated carbocycles. The maximum Gasteiger partial charge on any atom is 0.119 e. The van der Waals surface area contributed by atoms with E-state index in [-0.39, 0.29) is 0 Å². The summed E-state index contributed by atoms with van der Waals surface area (Å²) in [5.74, 6) is 1.61. The highest BCUT2D eigenvalue weighted by molar-refractivity contribution is 5.28. The first-order valence-electron chi connectivity index (χ1n) is 7.79. The van der Waals surface area contributed by atoms with Gasteiger partial charge in [0.1, 0.15) is 18.5 Å². The zero-order valence-electron chi connectivity index (χ0n) is 12.7. The van der Waals surface area contributed by atoms with Crippen LogP contribution in [0.5, 0.6) is 5.75 Å². The van der Waals surface area contributed by atoms with Crippen LogP contribution in [0.2, 0.25) is 0 Å². The number of ether oxygens (including phenoxy) is 1. The molecule has 1 aliphatic heterocycles. The molecule has 112 valence electrons. The van der Waals surface area contributed by atoms with Crippen molar-refractivity contribution in [2.24, 2.45) is 5.92 Å². The van der Waals surface area contributed by atoms with Crippen LogP contribution < -0.4 is 4.74 Å². The van der Waals surface area contributed by atoms with Gasteiger partial charge in [0, 0.05) is 13.1 Å². The number of nitrogens with zero attached hydrogens (tertiary/aromatic N) is 1. The van der Waals surface area contributed by atoms with E-state index >= 15 is 0 Å². The fourth-order valence-electron chi connectivity index (χ4n) is 2.85. The first kappa shape index (κ1) is 15.3. The van der Waals surface area contributed by atoms with Crippen LogP contribution >= 0.6 is 0 Å². The van der Waals surface area contributed by atoms with Gasteiger partial charge in [-0.2, -0.15) is 0 Å². The molecule has 1 aliphatic rings. The molecule has 1 N–H and O–H groups in total. The maximum absolute atomic E-state index is 10.1. The van der Waals surface area contributed by atoms with E-state index in [9.17, 15) is 5.11 Å². The monoisotopic (exact) mass is 277 g/mol. The van der Waals surface area contributed by atoms with Gasteiger partial charge >= 0.3 is 0 Å². The van der Waals surface area contributed by atoms with Gasteiger partial charge in [0.2, 0.25) is 0 Å². The molecule has 0 aromatic heterocycles. The number of rotatable bonds is 6. The number of aliphatic hydroxyl groups is 1. The maximum atomic E-state index is 10.1. The minimum Gasteiger partial charge on any atom is -0.491 e. The van der Waals surface area contributed by atoms with Crippen molar-refractivity contribution in [3.8, 4) is 5.75 Å². The Hall–Kier alpha value is -1.06. The van der Waals surface area contributed by atoms with Crippen LogP contribution in [-0.4, -0.2) is 42.4 Å². The van der Waals surface area contributed by atoms with E-state index in [0.29, 0.717) is 6.61 Å². The van der Waals surface area contributed by atoms with Crippen molar-refractivity contribution in [1.82, 2.24) is 4.90 Å². The molecule has 20 heavy (non-hydrogen) atoms. The Kier molecular flexibility index (Phi) is 5.86. The molecule has 3 nitrogen and oxygen atoms in total. The number of aryl methyl sites for hydroxylation is 1. The smallest absolute Gasteiger partial charge is 0.119 e. The summed E-state index contributed by atoms with van der Waals surface area (Å²) in [4.78, 5) is 2.35. The molecule has 0 unspecified atom stereocenters. The molecule has 0 aliphatic carbocycles. The fourth-order valence-corrected chi connectivity index (χ4v) is 2.85. The molecule has 0 spiro atoms. The Bertz CT molecular complexity index is 408. The summed E-state index contributed by atoms with van der Waals surface area (Å²) in [7, 11) is 0. The van der Waals surface area contributed by atoms with Crippen LogP contribution in [0.25, 0.3) is 0 Å². The van der Waals surface area contributed by atoms with Gasteiger partial charge in [0.05, 0.1) is 0 Å². The average Bonchev–Trinajstić information content (AvgIpc) is 2.45. The number of piperidine rings is 1. The van der Waals surface area contributed by atoms with Crippen molar-refractivity contribution in [2.75, 3.05) is 26.2 Å². The number of aliphatic hydroxyl groups excluding tert-OH is 1. The van der Waals surface area contributed by atoms with Crippen LogP contribution in [0.3, 0.4) is 0 Å². The van der Waals surface area contributed by atoms with Gasteiger partial charge in [0.25, 0.3) is 0 Å². The van der Waals surface area contributed by atoms with Gasteiger partial charge in [0.15, 0.2) is 0 Å². The third-order valence-corrected chi connectivity index (χ3v) is 3.96. The average molecular weight is 277 g/mol. The van der Waals surface area contributed by atoms with Crippen LogP contribution in [-0.2, 0) is 6.42 Å². The Balaban J connectivity index is 1.75. The van der Waals surface area contributed by atoms with Gasteiger partial charge < -0.3 is 14.7 Å². The first-order valence-corrected chi connectivity index (χ1v) is 7.79. The number of hydrogen-bond donors (Lipinski definition) is 1. The highest BCUT2D eigenvalue weighted by Gasteiger charge is 2.19.